The maximum absolute atomic E-state index is 11.9. The van der Waals surface area contributed by atoms with Crippen molar-refractivity contribution in [2.75, 3.05) is 11.5 Å². The Kier molecular flexibility index (Phi) is 5.08. The van der Waals surface area contributed by atoms with Crippen molar-refractivity contribution in [1.82, 2.24) is 0 Å². The van der Waals surface area contributed by atoms with E-state index in [1.54, 1.807) is 12.1 Å². The van der Waals surface area contributed by atoms with Crippen molar-refractivity contribution in [3.63, 3.8) is 0 Å². The highest BCUT2D eigenvalue weighted by Gasteiger charge is 2.17. The molecule has 18 heavy (non-hydrogen) atoms. The van der Waals surface area contributed by atoms with Gasteiger partial charge in [0.15, 0.2) is 15.6 Å². The van der Waals surface area contributed by atoms with Gasteiger partial charge in [-0.05, 0) is 37.5 Å². The van der Waals surface area contributed by atoms with Crippen LogP contribution in [0, 0.1) is 13.8 Å². The number of carbonyl (C=O) groups is 1. The van der Waals surface area contributed by atoms with Crippen molar-refractivity contribution in [2.45, 2.75) is 33.6 Å². The molecule has 100 valence electrons. The summed E-state index contributed by atoms with van der Waals surface area (Å²) in [5, 5.41) is 0. The fourth-order valence-corrected chi connectivity index (χ4v) is 3.07. The highest BCUT2D eigenvalue weighted by molar-refractivity contribution is 7.92. The Labute approximate surface area is 109 Å². The second-order valence-corrected chi connectivity index (χ2v) is 6.85. The van der Waals surface area contributed by atoms with E-state index in [0.29, 0.717) is 12.0 Å². The molecular weight excluding hydrogens is 248 g/mol. The number of ketones is 1. The van der Waals surface area contributed by atoms with Gasteiger partial charge in [0, 0.05) is 5.56 Å². The molecule has 0 bridgehead atoms. The smallest absolute Gasteiger partial charge is 0.177 e. The first-order chi connectivity index (χ1) is 8.35. The third-order valence-corrected chi connectivity index (χ3v) is 4.60. The standard InChI is InChI=1S/C14H20O3S/c1-4-5-8-18(16,17)10-14(15)13-7-6-11(2)12(3)9-13/h6-7,9H,4-5,8,10H2,1-3H3. The summed E-state index contributed by atoms with van der Waals surface area (Å²) in [7, 11) is -3.26. The molecule has 1 rings (SSSR count). The lowest BCUT2D eigenvalue weighted by Gasteiger charge is -2.05. The van der Waals surface area contributed by atoms with Gasteiger partial charge in [0.25, 0.3) is 0 Å². The third-order valence-electron chi connectivity index (χ3n) is 2.99. The fourth-order valence-electron chi connectivity index (χ4n) is 1.63. The van der Waals surface area contributed by atoms with Gasteiger partial charge in [-0.15, -0.1) is 0 Å². The lowest BCUT2D eigenvalue weighted by atomic mass is 10.0. The van der Waals surface area contributed by atoms with Gasteiger partial charge >= 0.3 is 0 Å². The molecule has 0 aromatic heterocycles. The Balaban J connectivity index is 2.79. The number of carbonyl (C=O) groups excluding carboxylic acids is 1. The van der Waals surface area contributed by atoms with E-state index in [1.165, 1.54) is 0 Å². The van der Waals surface area contributed by atoms with E-state index in [2.05, 4.69) is 0 Å². The number of sulfone groups is 1. The topological polar surface area (TPSA) is 51.2 Å². The van der Waals surface area contributed by atoms with Crippen LogP contribution in [0.15, 0.2) is 18.2 Å². The van der Waals surface area contributed by atoms with Crippen molar-refractivity contribution in [3.8, 4) is 0 Å². The first-order valence-corrected chi connectivity index (χ1v) is 7.98. The number of benzene rings is 1. The van der Waals surface area contributed by atoms with E-state index in [-0.39, 0.29) is 17.3 Å². The molecule has 0 amide bonds. The second kappa shape index (κ2) is 6.14. The molecule has 0 spiro atoms. The minimum absolute atomic E-state index is 0.0973. The zero-order valence-corrected chi connectivity index (χ0v) is 12.0. The van der Waals surface area contributed by atoms with Gasteiger partial charge in [-0.3, -0.25) is 4.79 Å². The maximum Gasteiger partial charge on any atom is 0.177 e. The Morgan fingerprint density at radius 1 is 1.17 bits per heavy atom. The highest BCUT2D eigenvalue weighted by Crippen LogP contribution is 2.11. The normalized spacial score (nSPS) is 11.5. The van der Waals surface area contributed by atoms with Gasteiger partial charge in [-0.1, -0.05) is 25.5 Å². The summed E-state index contributed by atoms with van der Waals surface area (Å²) < 4.78 is 23.4. The molecule has 0 fully saturated rings. The minimum Gasteiger partial charge on any atom is -0.293 e. The van der Waals surface area contributed by atoms with Crippen LogP contribution in [0.2, 0.25) is 0 Å². The van der Waals surface area contributed by atoms with E-state index in [0.717, 1.165) is 17.5 Å². The first kappa shape index (κ1) is 14.9. The summed E-state index contributed by atoms with van der Waals surface area (Å²) in [5.41, 5.74) is 2.59. The fraction of sp³-hybridized carbons (Fsp3) is 0.500. The van der Waals surface area contributed by atoms with Crippen molar-refractivity contribution < 1.29 is 13.2 Å². The van der Waals surface area contributed by atoms with Gasteiger partial charge < -0.3 is 0 Å². The Morgan fingerprint density at radius 2 is 1.83 bits per heavy atom. The molecule has 1 aromatic rings. The SMILES string of the molecule is CCCCS(=O)(=O)CC(=O)c1ccc(C)c(C)c1. The number of unbranched alkanes of at least 4 members (excludes halogenated alkanes) is 1. The zero-order chi connectivity index (χ0) is 13.8. The molecule has 0 unspecified atom stereocenters. The van der Waals surface area contributed by atoms with Crippen LogP contribution in [0.1, 0.15) is 41.3 Å². The molecule has 0 N–H and O–H groups in total. The molecule has 0 heterocycles. The second-order valence-electron chi connectivity index (χ2n) is 4.67. The quantitative estimate of drug-likeness (QED) is 0.745. The summed E-state index contributed by atoms with van der Waals surface area (Å²) in [6.07, 6.45) is 1.43. The molecule has 1 aromatic carbocycles. The first-order valence-electron chi connectivity index (χ1n) is 6.16. The van der Waals surface area contributed by atoms with E-state index < -0.39 is 9.84 Å². The van der Waals surface area contributed by atoms with Gasteiger partial charge in [-0.25, -0.2) is 8.42 Å². The maximum atomic E-state index is 11.9. The molecule has 4 heteroatoms. The van der Waals surface area contributed by atoms with Gasteiger partial charge in [0.1, 0.15) is 5.75 Å². The van der Waals surface area contributed by atoms with Crippen LogP contribution in [0.5, 0.6) is 0 Å². The van der Waals surface area contributed by atoms with Crippen LogP contribution in [-0.2, 0) is 9.84 Å². The zero-order valence-electron chi connectivity index (χ0n) is 11.2. The number of hydrogen-bond donors (Lipinski definition) is 0. The average Bonchev–Trinajstić information content (AvgIpc) is 2.29. The van der Waals surface area contributed by atoms with Gasteiger partial charge in [-0.2, -0.15) is 0 Å². The molecule has 0 aliphatic heterocycles. The van der Waals surface area contributed by atoms with E-state index in [4.69, 9.17) is 0 Å². The molecule has 0 radical (unpaired) electrons. The van der Waals surface area contributed by atoms with Crippen molar-refractivity contribution in [2.24, 2.45) is 0 Å². The van der Waals surface area contributed by atoms with Crippen LogP contribution >= 0.6 is 0 Å². The molecule has 0 saturated heterocycles. The summed E-state index contributed by atoms with van der Waals surface area (Å²) in [5.74, 6) is -0.593. The van der Waals surface area contributed by atoms with Gasteiger partial charge in [0.2, 0.25) is 0 Å². The average molecular weight is 268 g/mol. The number of hydrogen-bond acceptors (Lipinski definition) is 3. The number of rotatable bonds is 6. The third kappa shape index (κ3) is 4.26. The van der Waals surface area contributed by atoms with Crippen LogP contribution < -0.4 is 0 Å². The van der Waals surface area contributed by atoms with Crippen LogP contribution in [0.25, 0.3) is 0 Å². The minimum atomic E-state index is -3.26. The summed E-state index contributed by atoms with van der Waals surface area (Å²) in [6, 6.07) is 5.30. The summed E-state index contributed by atoms with van der Waals surface area (Å²) in [6.45, 7) is 5.81. The number of aryl methyl sites for hydroxylation is 2. The van der Waals surface area contributed by atoms with Gasteiger partial charge in [0.05, 0.1) is 5.75 Å². The Hall–Kier alpha value is -1.16. The lowest BCUT2D eigenvalue weighted by molar-refractivity contribution is 0.102. The predicted molar refractivity (Wildman–Crippen MR) is 73.8 cm³/mol. The van der Waals surface area contributed by atoms with Crippen molar-refractivity contribution in [1.29, 1.82) is 0 Å². The number of Topliss-reactive ketones (excluding diaryl/α,β-unsaturated/α-hetero) is 1. The predicted octanol–water partition coefficient (Wildman–Crippen LogP) is 2.70. The van der Waals surface area contributed by atoms with E-state index >= 15 is 0 Å². The Bertz CT molecular complexity index is 530. The lowest BCUT2D eigenvalue weighted by Crippen LogP contribution is -2.19. The summed E-state index contributed by atoms with van der Waals surface area (Å²) >= 11 is 0. The van der Waals surface area contributed by atoms with E-state index in [1.807, 2.05) is 26.8 Å². The van der Waals surface area contributed by atoms with Crippen molar-refractivity contribution >= 4 is 15.6 Å². The molecule has 0 saturated carbocycles. The Morgan fingerprint density at radius 3 is 2.39 bits per heavy atom. The summed E-state index contributed by atoms with van der Waals surface area (Å²) in [4.78, 5) is 11.9. The largest absolute Gasteiger partial charge is 0.293 e. The van der Waals surface area contributed by atoms with Crippen LogP contribution in [0.4, 0.5) is 0 Å². The molecular formula is C14H20O3S. The molecule has 0 aliphatic carbocycles. The van der Waals surface area contributed by atoms with Crippen LogP contribution in [0.3, 0.4) is 0 Å². The monoisotopic (exact) mass is 268 g/mol. The molecule has 0 atom stereocenters. The molecule has 0 aliphatic rings. The van der Waals surface area contributed by atoms with Crippen molar-refractivity contribution in [3.05, 3.63) is 34.9 Å². The molecule has 3 nitrogen and oxygen atoms in total. The highest BCUT2D eigenvalue weighted by atomic mass is 32.2. The van der Waals surface area contributed by atoms with Crippen LogP contribution in [-0.4, -0.2) is 25.7 Å². The van der Waals surface area contributed by atoms with E-state index in [9.17, 15) is 13.2 Å².